The van der Waals surface area contributed by atoms with E-state index in [1.54, 1.807) is 14.2 Å². The van der Waals surface area contributed by atoms with Gasteiger partial charge in [-0.05, 0) is 55.1 Å². The lowest BCUT2D eigenvalue weighted by molar-refractivity contribution is 0.319. The minimum atomic E-state index is 0.628. The normalized spacial score (nSPS) is 16.9. The summed E-state index contributed by atoms with van der Waals surface area (Å²) in [4.78, 5) is 7.37. The molecule has 0 bridgehead atoms. The summed E-state index contributed by atoms with van der Waals surface area (Å²) in [7, 11) is 3.37. The zero-order valence-corrected chi connectivity index (χ0v) is 17.4. The van der Waals surface area contributed by atoms with Crippen LogP contribution in [0.4, 0.5) is 5.82 Å². The van der Waals surface area contributed by atoms with Gasteiger partial charge in [0, 0.05) is 25.0 Å². The van der Waals surface area contributed by atoms with Crippen LogP contribution >= 0.6 is 0 Å². The van der Waals surface area contributed by atoms with E-state index >= 15 is 0 Å². The van der Waals surface area contributed by atoms with Crippen LogP contribution < -0.4 is 14.8 Å². The zero-order valence-electron chi connectivity index (χ0n) is 17.4. The molecular weight excluding hydrogens is 362 g/mol. The number of nitrogens with one attached hydrogen (secondary N) is 1. The summed E-state index contributed by atoms with van der Waals surface area (Å²) in [5, 5.41) is 4.57. The van der Waals surface area contributed by atoms with Crippen LogP contribution in [0.25, 0.3) is 10.9 Å². The Hall–Kier alpha value is -2.79. The highest BCUT2D eigenvalue weighted by molar-refractivity contribution is 5.94. The first-order valence-corrected chi connectivity index (χ1v) is 10.2. The lowest BCUT2D eigenvalue weighted by Crippen LogP contribution is -2.22. The summed E-state index contributed by atoms with van der Waals surface area (Å²) in [5.41, 5.74) is 3.35. The highest BCUT2D eigenvalue weighted by atomic mass is 16.5. The molecule has 4 rings (SSSR count). The Kier molecular flexibility index (Phi) is 5.86. The minimum Gasteiger partial charge on any atom is -0.496 e. The van der Waals surface area contributed by atoms with Gasteiger partial charge in [-0.25, -0.2) is 4.98 Å². The number of benzene rings is 2. The molecule has 1 atom stereocenters. The second kappa shape index (κ2) is 8.70. The molecule has 1 fully saturated rings. The van der Waals surface area contributed by atoms with Gasteiger partial charge in [-0.1, -0.05) is 30.3 Å². The number of anilines is 1. The molecule has 29 heavy (non-hydrogen) atoms. The van der Waals surface area contributed by atoms with Crippen LogP contribution in [-0.4, -0.2) is 43.7 Å². The number of rotatable bonds is 7. The molecule has 0 aliphatic carbocycles. The Balaban J connectivity index is 1.43. The van der Waals surface area contributed by atoms with Crippen molar-refractivity contribution in [2.45, 2.75) is 19.9 Å². The third-order valence-electron chi connectivity index (χ3n) is 5.71. The van der Waals surface area contributed by atoms with Crippen LogP contribution in [0.1, 0.15) is 17.5 Å². The van der Waals surface area contributed by atoms with Crippen molar-refractivity contribution < 1.29 is 9.47 Å². The van der Waals surface area contributed by atoms with Gasteiger partial charge in [0.25, 0.3) is 0 Å². The number of likely N-dealkylation sites (tertiary alicyclic amines) is 1. The molecule has 1 unspecified atom stereocenters. The zero-order chi connectivity index (χ0) is 20.2. The summed E-state index contributed by atoms with van der Waals surface area (Å²) >= 11 is 0. The fraction of sp³-hybridized carbons (Fsp3) is 0.375. The molecule has 0 saturated carbocycles. The van der Waals surface area contributed by atoms with Gasteiger partial charge in [0.1, 0.15) is 22.8 Å². The second-order valence-electron chi connectivity index (χ2n) is 7.77. The van der Waals surface area contributed by atoms with E-state index in [-0.39, 0.29) is 0 Å². The van der Waals surface area contributed by atoms with E-state index in [0.717, 1.165) is 60.0 Å². The van der Waals surface area contributed by atoms with Gasteiger partial charge in [-0.15, -0.1) is 0 Å². The van der Waals surface area contributed by atoms with E-state index in [0.29, 0.717) is 5.92 Å². The summed E-state index contributed by atoms with van der Waals surface area (Å²) in [6, 6.07) is 16.6. The van der Waals surface area contributed by atoms with Gasteiger partial charge in [0.05, 0.1) is 14.2 Å². The Morgan fingerprint density at radius 1 is 1.07 bits per heavy atom. The molecule has 1 N–H and O–H groups in total. The summed E-state index contributed by atoms with van der Waals surface area (Å²) in [5.74, 6) is 3.11. The average Bonchev–Trinajstić information content (AvgIpc) is 3.19. The van der Waals surface area contributed by atoms with Crippen molar-refractivity contribution in [2.75, 3.05) is 39.2 Å². The topological polar surface area (TPSA) is 46.6 Å². The molecule has 5 nitrogen and oxygen atoms in total. The van der Waals surface area contributed by atoms with E-state index in [2.05, 4.69) is 53.5 Å². The number of ether oxygens (including phenoxy) is 2. The van der Waals surface area contributed by atoms with Crippen molar-refractivity contribution >= 4 is 16.7 Å². The van der Waals surface area contributed by atoms with E-state index in [9.17, 15) is 0 Å². The summed E-state index contributed by atoms with van der Waals surface area (Å²) in [6.45, 7) is 6.31. The Morgan fingerprint density at radius 2 is 1.83 bits per heavy atom. The van der Waals surface area contributed by atoms with Crippen molar-refractivity contribution in [1.29, 1.82) is 0 Å². The molecule has 0 amide bonds. The molecule has 2 heterocycles. The number of pyridine rings is 1. The third kappa shape index (κ3) is 4.30. The van der Waals surface area contributed by atoms with Gasteiger partial charge in [0.15, 0.2) is 0 Å². The molecule has 3 aromatic rings. The number of methoxy groups -OCH3 is 2. The first-order valence-electron chi connectivity index (χ1n) is 10.2. The Bertz CT molecular complexity index is 975. The average molecular weight is 392 g/mol. The third-order valence-corrected chi connectivity index (χ3v) is 5.71. The fourth-order valence-corrected chi connectivity index (χ4v) is 4.21. The van der Waals surface area contributed by atoms with Crippen molar-refractivity contribution in [3.8, 4) is 11.5 Å². The molecule has 5 heteroatoms. The first-order chi connectivity index (χ1) is 14.2. The summed E-state index contributed by atoms with van der Waals surface area (Å²) < 4.78 is 11.1. The fourth-order valence-electron chi connectivity index (χ4n) is 4.21. The molecule has 1 aliphatic rings. The molecule has 1 aliphatic heterocycles. The van der Waals surface area contributed by atoms with Gasteiger partial charge >= 0.3 is 0 Å². The molecule has 1 saturated heterocycles. The van der Waals surface area contributed by atoms with Gasteiger partial charge in [0.2, 0.25) is 0 Å². The van der Waals surface area contributed by atoms with Crippen LogP contribution in [0.3, 0.4) is 0 Å². The number of nitrogens with zero attached hydrogens (tertiary/aromatic N) is 2. The van der Waals surface area contributed by atoms with Crippen LogP contribution in [0.2, 0.25) is 0 Å². The maximum absolute atomic E-state index is 5.53. The lowest BCUT2D eigenvalue weighted by Gasteiger charge is -2.17. The smallest absolute Gasteiger partial charge is 0.145 e. The van der Waals surface area contributed by atoms with E-state index < -0.39 is 0 Å². The molecule has 0 radical (unpaired) electrons. The SMILES string of the molecule is COc1ccc(OC)c2c(C)cc(NCC3CCN(Cc4ccccc4)C3)nc12. The van der Waals surface area contributed by atoms with Gasteiger partial charge in [-0.3, -0.25) is 4.90 Å². The predicted octanol–water partition coefficient (Wildman–Crippen LogP) is 4.49. The molecule has 0 spiro atoms. The van der Waals surface area contributed by atoms with Crippen LogP contribution in [0.15, 0.2) is 48.5 Å². The maximum atomic E-state index is 5.53. The lowest BCUT2D eigenvalue weighted by atomic mass is 10.1. The van der Waals surface area contributed by atoms with Crippen molar-refractivity contribution in [3.05, 3.63) is 59.7 Å². The monoisotopic (exact) mass is 391 g/mol. The molecule has 2 aromatic carbocycles. The van der Waals surface area contributed by atoms with E-state index in [4.69, 9.17) is 14.5 Å². The van der Waals surface area contributed by atoms with Crippen LogP contribution in [0, 0.1) is 12.8 Å². The van der Waals surface area contributed by atoms with E-state index in [1.165, 1.54) is 12.0 Å². The number of hydrogen-bond acceptors (Lipinski definition) is 5. The van der Waals surface area contributed by atoms with Crippen molar-refractivity contribution in [2.24, 2.45) is 5.92 Å². The minimum absolute atomic E-state index is 0.628. The van der Waals surface area contributed by atoms with Gasteiger partial charge in [-0.2, -0.15) is 0 Å². The molecule has 152 valence electrons. The number of aromatic nitrogens is 1. The van der Waals surface area contributed by atoms with E-state index in [1.807, 2.05) is 12.1 Å². The molecule has 1 aromatic heterocycles. The van der Waals surface area contributed by atoms with Crippen molar-refractivity contribution in [3.63, 3.8) is 0 Å². The Morgan fingerprint density at radius 3 is 2.59 bits per heavy atom. The quantitative estimate of drug-likeness (QED) is 0.643. The number of fused-ring (bicyclic) bond motifs is 1. The largest absolute Gasteiger partial charge is 0.496 e. The van der Waals surface area contributed by atoms with Crippen LogP contribution in [-0.2, 0) is 6.54 Å². The Labute approximate surface area is 172 Å². The predicted molar refractivity (Wildman–Crippen MR) is 118 cm³/mol. The maximum Gasteiger partial charge on any atom is 0.145 e. The second-order valence-corrected chi connectivity index (χ2v) is 7.77. The van der Waals surface area contributed by atoms with Crippen molar-refractivity contribution in [1.82, 2.24) is 9.88 Å². The van der Waals surface area contributed by atoms with Crippen LogP contribution in [0.5, 0.6) is 11.5 Å². The molecular formula is C24H29N3O2. The standard InChI is InChI=1S/C24H29N3O2/c1-17-13-22(26-24-21(29-3)10-9-20(28-2)23(17)24)25-14-19-11-12-27(16-19)15-18-7-5-4-6-8-18/h4-10,13,19H,11-12,14-16H2,1-3H3,(H,25,26). The number of aryl methyl sites for hydroxylation is 1. The first kappa shape index (κ1) is 19.5. The summed E-state index contributed by atoms with van der Waals surface area (Å²) in [6.07, 6.45) is 1.21. The van der Waals surface area contributed by atoms with Gasteiger partial charge < -0.3 is 14.8 Å². The number of hydrogen-bond donors (Lipinski definition) is 1. The highest BCUT2D eigenvalue weighted by Gasteiger charge is 2.22. The highest BCUT2D eigenvalue weighted by Crippen LogP contribution is 2.35.